The van der Waals surface area contributed by atoms with E-state index in [0.29, 0.717) is 12.1 Å². The summed E-state index contributed by atoms with van der Waals surface area (Å²) in [4.78, 5) is 4.19. The molecule has 1 aromatic carbocycles. The van der Waals surface area contributed by atoms with Crippen LogP contribution in [0.1, 0.15) is 30.3 Å². The van der Waals surface area contributed by atoms with Crippen molar-refractivity contribution in [2.75, 3.05) is 0 Å². The number of hydrogen-bond acceptors (Lipinski definition) is 1. The number of imidazole rings is 1. The molecule has 0 aliphatic rings. The first-order chi connectivity index (χ1) is 9.20. The van der Waals surface area contributed by atoms with Gasteiger partial charge >= 0.3 is 0 Å². The van der Waals surface area contributed by atoms with Crippen molar-refractivity contribution in [3.05, 3.63) is 53.6 Å². The minimum absolute atomic E-state index is 0.00341. The smallest absolute Gasteiger partial charge is 0.263 e. The summed E-state index contributed by atoms with van der Waals surface area (Å²) in [5.41, 5.74) is 0.611. The molecule has 4 heteroatoms. The lowest BCUT2D eigenvalue weighted by Gasteiger charge is -2.00. The molecule has 0 N–H and O–H groups in total. The van der Waals surface area contributed by atoms with Gasteiger partial charge in [0.2, 0.25) is 0 Å². The lowest BCUT2D eigenvalue weighted by molar-refractivity contribution is 0.151. The summed E-state index contributed by atoms with van der Waals surface area (Å²) in [7, 11) is 0. The van der Waals surface area contributed by atoms with Gasteiger partial charge in [-0.15, -0.1) is 0 Å². The van der Waals surface area contributed by atoms with Gasteiger partial charge in [-0.25, -0.2) is 13.8 Å². The molecule has 98 valence electrons. The molecule has 0 spiro atoms. The average molecular weight is 260 g/mol. The number of alkyl halides is 2. The number of hydrogen-bond donors (Lipinski definition) is 0. The molecule has 0 radical (unpaired) electrons. The molecule has 0 bridgehead atoms. The Balaban J connectivity index is 2.10. The van der Waals surface area contributed by atoms with Gasteiger partial charge in [-0.1, -0.05) is 30.9 Å². The maximum atomic E-state index is 12.5. The standard InChI is InChI=1S/C15H14F2N2/c1-2-14-18-8-10-19(14)9-4-6-12-5-3-7-13(11-12)15(16)17/h3,5,7-8,10-11,15H,2,9H2,1H3. The van der Waals surface area contributed by atoms with E-state index in [-0.39, 0.29) is 5.56 Å². The Morgan fingerprint density at radius 3 is 2.95 bits per heavy atom. The Kier molecular flexibility index (Phi) is 4.30. The summed E-state index contributed by atoms with van der Waals surface area (Å²) < 4.78 is 27.0. The van der Waals surface area contributed by atoms with Gasteiger partial charge in [0.05, 0.1) is 6.54 Å². The van der Waals surface area contributed by atoms with Gasteiger partial charge in [-0.05, 0) is 12.1 Å². The Bertz CT molecular complexity index is 606. The highest BCUT2D eigenvalue weighted by molar-refractivity contribution is 5.37. The summed E-state index contributed by atoms with van der Waals surface area (Å²) in [6.45, 7) is 2.54. The molecule has 0 aliphatic heterocycles. The largest absolute Gasteiger partial charge is 0.323 e. The van der Waals surface area contributed by atoms with Crippen LogP contribution in [-0.4, -0.2) is 9.55 Å². The fourth-order valence-electron chi connectivity index (χ4n) is 1.78. The number of nitrogens with zero attached hydrogens (tertiary/aromatic N) is 2. The second kappa shape index (κ2) is 6.14. The Morgan fingerprint density at radius 1 is 1.37 bits per heavy atom. The first-order valence-corrected chi connectivity index (χ1v) is 6.07. The van der Waals surface area contributed by atoms with Crippen LogP contribution in [0.2, 0.25) is 0 Å². The van der Waals surface area contributed by atoms with Crippen LogP contribution in [0.5, 0.6) is 0 Å². The van der Waals surface area contributed by atoms with Crippen molar-refractivity contribution in [2.24, 2.45) is 0 Å². The van der Waals surface area contributed by atoms with E-state index in [1.807, 2.05) is 17.7 Å². The van der Waals surface area contributed by atoms with Crippen LogP contribution >= 0.6 is 0 Å². The van der Waals surface area contributed by atoms with Gasteiger partial charge in [0.15, 0.2) is 0 Å². The minimum atomic E-state index is -2.46. The number of rotatable bonds is 3. The summed E-state index contributed by atoms with van der Waals surface area (Å²) in [6.07, 6.45) is 1.98. The van der Waals surface area contributed by atoms with E-state index >= 15 is 0 Å². The first kappa shape index (κ1) is 13.3. The second-order valence-electron chi connectivity index (χ2n) is 4.05. The van der Waals surface area contributed by atoms with Gasteiger partial charge in [-0.3, -0.25) is 0 Å². The molecule has 19 heavy (non-hydrogen) atoms. The molecule has 2 nitrogen and oxygen atoms in total. The van der Waals surface area contributed by atoms with E-state index in [2.05, 4.69) is 16.8 Å². The molecule has 2 rings (SSSR count). The SMILES string of the molecule is CCc1nccn1CC#Cc1cccc(C(F)F)c1. The second-order valence-corrected chi connectivity index (χ2v) is 4.05. The molecule has 0 saturated carbocycles. The van der Waals surface area contributed by atoms with Crippen LogP contribution < -0.4 is 0 Å². The summed E-state index contributed by atoms with van der Waals surface area (Å²) in [6, 6.07) is 6.15. The molecule has 0 unspecified atom stereocenters. The van der Waals surface area contributed by atoms with E-state index in [1.54, 1.807) is 18.3 Å². The van der Waals surface area contributed by atoms with E-state index in [0.717, 1.165) is 12.2 Å². The maximum Gasteiger partial charge on any atom is 0.263 e. The van der Waals surface area contributed by atoms with Crippen molar-refractivity contribution in [3.63, 3.8) is 0 Å². The third-order valence-electron chi connectivity index (χ3n) is 2.74. The van der Waals surface area contributed by atoms with Gasteiger partial charge in [0.1, 0.15) is 5.82 Å². The van der Waals surface area contributed by atoms with Gasteiger partial charge in [0.25, 0.3) is 6.43 Å². The Hall–Kier alpha value is -2.15. The molecule has 1 aromatic heterocycles. The number of aromatic nitrogens is 2. The summed E-state index contributed by atoms with van der Waals surface area (Å²) in [5.74, 6) is 6.84. The molecule has 0 amide bonds. The van der Waals surface area contributed by atoms with Gasteiger partial charge in [0, 0.05) is 29.9 Å². The zero-order chi connectivity index (χ0) is 13.7. The lowest BCUT2D eigenvalue weighted by Crippen LogP contribution is -2.00. The van der Waals surface area contributed by atoms with Crippen molar-refractivity contribution in [1.29, 1.82) is 0 Å². The van der Waals surface area contributed by atoms with Gasteiger partial charge < -0.3 is 4.57 Å². The van der Waals surface area contributed by atoms with Crippen LogP contribution in [0.3, 0.4) is 0 Å². The van der Waals surface area contributed by atoms with Crippen LogP contribution in [0.15, 0.2) is 36.7 Å². The average Bonchev–Trinajstić information content (AvgIpc) is 2.86. The van der Waals surface area contributed by atoms with Crippen LogP contribution in [-0.2, 0) is 13.0 Å². The Morgan fingerprint density at radius 2 is 2.21 bits per heavy atom. The van der Waals surface area contributed by atoms with E-state index in [4.69, 9.17) is 0 Å². The summed E-state index contributed by atoms with van der Waals surface area (Å²) >= 11 is 0. The summed E-state index contributed by atoms with van der Waals surface area (Å²) in [5, 5.41) is 0. The highest BCUT2D eigenvalue weighted by Crippen LogP contribution is 2.18. The highest BCUT2D eigenvalue weighted by atomic mass is 19.3. The van der Waals surface area contributed by atoms with Crippen molar-refractivity contribution < 1.29 is 8.78 Å². The zero-order valence-corrected chi connectivity index (χ0v) is 10.6. The van der Waals surface area contributed by atoms with Crippen molar-refractivity contribution in [3.8, 4) is 11.8 Å². The normalized spacial score (nSPS) is 10.3. The predicted molar refractivity (Wildman–Crippen MR) is 69.9 cm³/mol. The zero-order valence-electron chi connectivity index (χ0n) is 10.6. The van der Waals surface area contributed by atoms with Crippen LogP contribution in [0.4, 0.5) is 8.78 Å². The molecule has 2 aromatic rings. The van der Waals surface area contributed by atoms with Crippen LogP contribution in [0, 0.1) is 11.8 Å². The fourth-order valence-corrected chi connectivity index (χ4v) is 1.78. The predicted octanol–water partition coefficient (Wildman–Crippen LogP) is 3.43. The third-order valence-corrected chi connectivity index (χ3v) is 2.74. The molecular weight excluding hydrogens is 246 g/mol. The number of aryl methyl sites for hydroxylation is 1. The molecule has 0 aliphatic carbocycles. The molecule has 0 saturated heterocycles. The van der Waals surface area contributed by atoms with Crippen molar-refractivity contribution >= 4 is 0 Å². The topological polar surface area (TPSA) is 17.8 Å². The molecular formula is C15H14F2N2. The monoisotopic (exact) mass is 260 g/mol. The van der Waals surface area contributed by atoms with E-state index < -0.39 is 6.43 Å². The van der Waals surface area contributed by atoms with E-state index in [1.165, 1.54) is 12.1 Å². The molecule has 0 atom stereocenters. The van der Waals surface area contributed by atoms with Crippen molar-refractivity contribution in [1.82, 2.24) is 9.55 Å². The highest BCUT2D eigenvalue weighted by Gasteiger charge is 2.05. The first-order valence-electron chi connectivity index (χ1n) is 6.07. The number of halogens is 2. The Labute approximate surface area is 111 Å². The lowest BCUT2D eigenvalue weighted by atomic mass is 10.1. The minimum Gasteiger partial charge on any atom is -0.323 e. The van der Waals surface area contributed by atoms with Crippen molar-refractivity contribution in [2.45, 2.75) is 26.3 Å². The quantitative estimate of drug-likeness (QED) is 0.773. The fraction of sp³-hybridized carbons (Fsp3) is 0.267. The maximum absolute atomic E-state index is 12.5. The van der Waals surface area contributed by atoms with Crippen LogP contribution in [0.25, 0.3) is 0 Å². The molecule has 1 heterocycles. The van der Waals surface area contributed by atoms with Gasteiger partial charge in [-0.2, -0.15) is 0 Å². The number of benzene rings is 1. The third kappa shape index (κ3) is 3.41. The van der Waals surface area contributed by atoms with E-state index in [9.17, 15) is 8.78 Å². The molecule has 0 fully saturated rings.